The van der Waals surface area contributed by atoms with E-state index >= 15 is 0 Å². The van der Waals surface area contributed by atoms with Gasteiger partial charge in [-0.3, -0.25) is 4.79 Å². The summed E-state index contributed by atoms with van der Waals surface area (Å²) in [5.74, 6) is -0.432. The third-order valence-corrected chi connectivity index (χ3v) is 4.32. The molecule has 6 heteroatoms. The van der Waals surface area contributed by atoms with Crippen molar-refractivity contribution in [1.29, 1.82) is 0 Å². The summed E-state index contributed by atoms with van der Waals surface area (Å²) in [5, 5.41) is 9.69. The van der Waals surface area contributed by atoms with Crippen LogP contribution in [0.3, 0.4) is 0 Å². The number of halogens is 1. The summed E-state index contributed by atoms with van der Waals surface area (Å²) in [7, 11) is 0. The van der Waals surface area contributed by atoms with Crippen LogP contribution in [0.2, 0.25) is 0 Å². The molecule has 0 spiro atoms. The molecule has 2 aromatic rings. The highest BCUT2D eigenvalue weighted by Gasteiger charge is 2.20. The zero-order valence-corrected chi connectivity index (χ0v) is 12.8. The number of hydrogen-bond donors (Lipinski definition) is 1. The van der Waals surface area contributed by atoms with E-state index in [1.807, 2.05) is 6.92 Å². The van der Waals surface area contributed by atoms with Gasteiger partial charge in [-0.05, 0) is 38.1 Å². The van der Waals surface area contributed by atoms with Crippen molar-refractivity contribution >= 4 is 17.2 Å². The van der Waals surface area contributed by atoms with Crippen LogP contribution in [0, 0.1) is 12.7 Å². The lowest BCUT2D eigenvalue weighted by Crippen LogP contribution is -2.33. The molecule has 0 unspecified atom stereocenters. The fourth-order valence-electron chi connectivity index (χ4n) is 1.98. The van der Waals surface area contributed by atoms with Gasteiger partial charge in [0.05, 0.1) is 12.3 Å². The molecule has 0 aliphatic carbocycles. The fourth-order valence-corrected chi connectivity index (χ4v) is 3.02. The molecule has 0 radical (unpaired) electrons. The van der Waals surface area contributed by atoms with Gasteiger partial charge in [-0.1, -0.05) is 0 Å². The number of aromatic nitrogens is 1. The first kappa shape index (κ1) is 15.6. The highest BCUT2D eigenvalue weighted by Crippen LogP contribution is 2.28. The standard InChI is InChI=1S/C15H17FN2O2S/c1-3-18(8-9-19)15(20)13-10(2)17-14(21-13)11-4-6-12(16)7-5-11/h4-7,19H,3,8-9H2,1-2H3. The maximum atomic E-state index is 13.0. The van der Waals surface area contributed by atoms with E-state index in [9.17, 15) is 9.18 Å². The van der Waals surface area contributed by atoms with E-state index in [4.69, 9.17) is 5.11 Å². The smallest absolute Gasteiger partial charge is 0.265 e. The van der Waals surface area contributed by atoms with E-state index < -0.39 is 0 Å². The predicted molar refractivity (Wildman–Crippen MR) is 80.9 cm³/mol. The maximum absolute atomic E-state index is 13.0. The fraction of sp³-hybridized carbons (Fsp3) is 0.333. The van der Waals surface area contributed by atoms with Crippen LogP contribution < -0.4 is 0 Å². The number of amides is 1. The molecule has 1 aromatic heterocycles. The van der Waals surface area contributed by atoms with Crippen LogP contribution in [0.15, 0.2) is 24.3 Å². The topological polar surface area (TPSA) is 53.4 Å². The van der Waals surface area contributed by atoms with Crippen molar-refractivity contribution in [3.63, 3.8) is 0 Å². The molecule has 0 saturated carbocycles. The molecule has 1 aromatic carbocycles. The Kier molecular flexibility index (Phi) is 5.03. The molecule has 4 nitrogen and oxygen atoms in total. The van der Waals surface area contributed by atoms with Gasteiger partial charge in [0.2, 0.25) is 0 Å². The maximum Gasteiger partial charge on any atom is 0.265 e. The Morgan fingerprint density at radius 2 is 2.05 bits per heavy atom. The van der Waals surface area contributed by atoms with Gasteiger partial charge in [0.25, 0.3) is 5.91 Å². The van der Waals surface area contributed by atoms with Gasteiger partial charge >= 0.3 is 0 Å². The van der Waals surface area contributed by atoms with Gasteiger partial charge in [0, 0.05) is 18.7 Å². The molecule has 21 heavy (non-hydrogen) atoms. The average molecular weight is 308 g/mol. The monoisotopic (exact) mass is 308 g/mol. The number of aliphatic hydroxyl groups is 1. The van der Waals surface area contributed by atoms with Crippen LogP contribution in [-0.4, -0.2) is 40.6 Å². The molecular weight excluding hydrogens is 291 g/mol. The van der Waals surface area contributed by atoms with Crippen LogP contribution in [0.1, 0.15) is 22.3 Å². The Hall–Kier alpha value is -1.79. The molecule has 1 heterocycles. The number of aryl methyl sites for hydroxylation is 1. The van der Waals surface area contributed by atoms with Crippen molar-refractivity contribution in [2.75, 3.05) is 19.7 Å². The molecule has 0 fully saturated rings. The first-order chi connectivity index (χ1) is 10.1. The van der Waals surface area contributed by atoms with E-state index in [0.29, 0.717) is 28.7 Å². The minimum absolute atomic E-state index is 0.0672. The lowest BCUT2D eigenvalue weighted by Gasteiger charge is -2.18. The van der Waals surface area contributed by atoms with E-state index in [-0.39, 0.29) is 18.3 Å². The molecule has 0 saturated heterocycles. The van der Waals surface area contributed by atoms with E-state index in [1.165, 1.54) is 23.5 Å². The molecular formula is C15H17FN2O2S. The number of carbonyl (C=O) groups excluding carboxylic acids is 1. The summed E-state index contributed by atoms with van der Waals surface area (Å²) < 4.78 is 13.0. The quantitative estimate of drug-likeness (QED) is 0.924. The third-order valence-electron chi connectivity index (χ3n) is 3.12. The van der Waals surface area contributed by atoms with Gasteiger partial charge in [0.15, 0.2) is 0 Å². The van der Waals surface area contributed by atoms with Gasteiger partial charge in [-0.15, -0.1) is 11.3 Å². The van der Waals surface area contributed by atoms with E-state index in [1.54, 1.807) is 24.0 Å². The molecule has 2 rings (SSSR count). The average Bonchev–Trinajstić information content (AvgIpc) is 2.86. The Labute approximate surface area is 126 Å². The summed E-state index contributed by atoms with van der Waals surface area (Å²) in [6.45, 7) is 4.41. The second-order valence-corrected chi connectivity index (χ2v) is 5.55. The number of benzene rings is 1. The molecule has 0 aliphatic rings. The van der Waals surface area contributed by atoms with Crippen LogP contribution in [-0.2, 0) is 0 Å². The molecule has 112 valence electrons. The third kappa shape index (κ3) is 3.46. The molecule has 1 amide bonds. The zero-order chi connectivity index (χ0) is 15.4. The SMILES string of the molecule is CCN(CCO)C(=O)c1sc(-c2ccc(F)cc2)nc1C. The van der Waals surface area contributed by atoms with Crippen LogP contribution in [0.5, 0.6) is 0 Å². The molecule has 0 aliphatic heterocycles. The number of aliphatic hydroxyl groups excluding tert-OH is 1. The van der Waals surface area contributed by atoms with Crippen LogP contribution >= 0.6 is 11.3 Å². The van der Waals surface area contributed by atoms with Crippen molar-refractivity contribution in [3.8, 4) is 10.6 Å². The molecule has 1 N–H and O–H groups in total. The first-order valence-corrected chi connectivity index (χ1v) is 7.52. The Bertz CT molecular complexity index is 625. The molecule has 0 atom stereocenters. The Balaban J connectivity index is 2.30. The van der Waals surface area contributed by atoms with Crippen LogP contribution in [0.4, 0.5) is 4.39 Å². The number of likely N-dealkylation sites (N-methyl/N-ethyl adjacent to an activating group) is 1. The van der Waals surface area contributed by atoms with E-state index in [2.05, 4.69) is 4.98 Å². The summed E-state index contributed by atoms with van der Waals surface area (Å²) in [5.41, 5.74) is 1.44. The predicted octanol–water partition coefficient (Wildman–Crippen LogP) is 2.71. The number of carbonyl (C=O) groups is 1. The second kappa shape index (κ2) is 6.78. The van der Waals surface area contributed by atoms with Gasteiger partial charge in [-0.25, -0.2) is 9.37 Å². The minimum atomic E-state index is -0.302. The van der Waals surface area contributed by atoms with Gasteiger partial charge < -0.3 is 10.0 Å². The molecule has 0 bridgehead atoms. The summed E-state index contributed by atoms with van der Waals surface area (Å²) >= 11 is 1.29. The summed E-state index contributed by atoms with van der Waals surface area (Å²) in [4.78, 5) is 18.9. The highest BCUT2D eigenvalue weighted by atomic mass is 32.1. The van der Waals surface area contributed by atoms with Crippen LogP contribution in [0.25, 0.3) is 10.6 Å². The Morgan fingerprint density at radius 1 is 1.38 bits per heavy atom. The normalized spacial score (nSPS) is 10.7. The van der Waals surface area contributed by atoms with Gasteiger partial charge in [0.1, 0.15) is 15.7 Å². The first-order valence-electron chi connectivity index (χ1n) is 6.70. The highest BCUT2D eigenvalue weighted by molar-refractivity contribution is 7.17. The summed E-state index contributed by atoms with van der Waals surface area (Å²) in [6.07, 6.45) is 0. The minimum Gasteiger partial charge on any atom is -0.395 e. The van der Waals surface area contributed by atoms with Gasteiger partial charge in [-0.2, -0.15) is 0 Å². The largest absolute Gasteiger partial charge is 0.395 e. The number of hydrogen-bond acceptors (Lipinski definition) is 4. The number of thiazole rings is 1. The summed E-state index contributed by atoms with van der Waals surface area (Å²) in [6, 6.07) is 6.04. The lowest BCUT2D eigenvalue weighted by molar-refractivity contribution is 0.0736. The second-order valence-electron chi connectivity index (χ2n) is 4.55. The van der Waals surface area contributed by atoms with Crippen molar-refractivity contribution in [2.45, 2.75) is 13.8 Å². The zero-order valence-electron chi connectivity index (χ0n) is 12.0. The van der Waals surface area contributed by atoms with E-state index in [0.717, 1.165) is 5.56 Å². The lowest BCUT2D eigenvalue weighted by atomic mass is 10.2. The van der Waals surface area contributed by atoms with Crippen molar-refractivity contribution in [3.05, 3.63) is 40.7 Å². The number of nitrogens with zero attached hydrogens (tertiary/aromatic N) is 2. The van der Waals surface area contributed by atoms with Crippen molar-refractivity contribution in [2.24, 2.45) is 0 Å². The van der Waals surface area contributed by atoms with Crippen molar-refractivity contribution in [1.82, 2.24) is 9.88 Å². The Morgan fingerprint density at radius 3 is 2.62 bits per heavy atom. The van der Waals surface area contributed by atoms with Crippen molar-refractivity contribution < 1.29 is 14.3 Å². The number of rotatable bonds is 5.